The van der Waals surface area contributed by atoms with Crippen molar-refractivity contribution in [1.29, 1.82) is 0 Å². The average molecular weight is 1290 g/mol. The first kappa shape index (κ1) is 71.4. The summed E-state index contributed by atoms with van der Waals surface area (Å²) in [7, 11) is 0. The molecule has 0 spiro atoms. The number of hydrogen-bond acceptors (Lipinski definition) is 6. The maximum absolute atomic E-state index is 13.3. The van der Waals surface area contributed by atoms with Gasteiger partial charge in [0.05, 0.1) is 70.0 Å². The van der Waals surface area contributed by atoms with E-state index in [1.165, 1.54) is 90.1 Å². The number of ketones is 3. The Morgan fingerprint density at radius 2 is 0.663 bits per heavy atom. The molecule has 0 N–H and O–H groups in total. The molecule has 486 valence electrons. The molecule has 89 heavy (non-hydrogen) atoms. The van der Waals surface area contributed by atoms with Crippen molar-refractivity contribution in [3.8, 4) is 0 Å². The van der Waals surface area contributed by atoms with E-state index in [9.17, 15) is 102 Å². The van der Waals surface area contributed by atoms with Crippen molar-refractivity contribution in [1.82, 2.24) is 0 Å². The highest BCUT2D eigenvalue weighted by molar-refractivity contribution is 5.93. The van der Waals surface area contributed by atoms with Gasteiger partial charge < -0.3 is 14.2 Å². The maximum atomic E-state index is 13.3. The minimum absolute atomic E-state index is 0.0683. The lowest BCUT2D eigenvalue weighted by molar-refractivity contribution is -0.145. The summed E-state index contributed by atoms with van der Waals surface area (Å²) in [6.07, 6.45) is -30.4. The van der Waals surface area contributed by atoms with Crippen LogP contribution in [0.4, 0.5) is 87.8 Å². The Morgan fingerprint density at radius 1 is 0.393 bits per heavy atom. The third-order valence-corrected chi connectivity index (χ3v) is 15.7. The molecule has 0 radical (unpaired) electrons. The lowest BCUT2D eigenvalue weighted by Crippen LogP contribution is -2.25. The van der Waals surface area contributed by atoms with Gasteiger partial charge in [-0.05, 0) is 198 Å². The highest BCUT2D eigenvalue weighted by Gasteiger charge is 2.45. The molecule has 6 nitrogen and oxygen atoms in total. The van der Waals surface area contributed by atoms with Crippen LogP contribution in [0.3, 0.4) is 0 Å². The quantitative estimate of drug-likeness (QED) is 0.103. The molecule has 0 amide bonds. The van der Waals surface area contributed by atoms with Gasteiger partial charge in [-0.2, -0.15) is 79.0 Å². The molecule has 0 bridgehead atoms. The number of ether oxygens (including phenoxy) is 3. The number of alkyl halides is 18. The van der Waals surface area contributed by atoms with Gasteiger partial charge in [-0.25, -0.2) is 8.78 Å². The summed E-state index contributed by atoms with van der Waals surface area (Å²) >= 11 is 0. The van der Waals surface area contributed by atoms with E-state index in [0.29, 0.717) is 91.6 Å². The van der Waals surface area contributed by atoms with Crippen LogP contribution in [0.1, 0.15) is 171 Å². The van der Waals surface area contributed by atoms with Gasteiger partial charge in [0.25, 0.3) is 0 Å². The van der Waals surface area contributed by atoms with Crippen LogP contribution in [-0.2, 0) is 65.7 Å². The molecule has 0 aliphatic heterocycles. The van der Waals surface area contributed by atoms with E-state index in [4.69, 9.17) is 14.2 Å². The standard InChI is InChI=1S/2C23H21F7O2.C17H16F6O2/c2*1-12(31)19-7-8-20(21(19)14-3-5-18(24)6-4-14)32-13(2)15-9-16(22(25,26)27)11-17(10-15)23(28,29)30;1-9(24)11-3-4-15(7-11)25-10(2)12-5-13(16(18,19)20)8-14(6-12)17(21,22)23/h2*3-6,9-11,13,19-21H,7-8H2,1-2H3;5-8,10,15H,3-4H2,1-2H3/t13-,19?,20?,21+;13-,19+,20?,21+;10-,15?/m111/s1. The molecular weight excluding hydrogens is 1230 g/mol. The third-order valence-electron chi connectivity index (χ3n) is 15.7. The van der Waals surface area contributed by atoms with Crippen molar-refractivity contribution < 1.29 is 116 Å². The lowest BCUT2D eigenvalue weighted by atomic mass is 9.85. The van der Waals surface area contributed by atoms with Gasteiger partial charge in [0.2, 0.25) is 0 Å². The van der Waals surface area contributed by atoms with Crippen molar-refractivity contribution in [2.24, 2.45) is 11.8 Å². The Hall–Kier alpha value is -6.67. The first-order chi connectivity index (χ1) is 40.9. The SMILES string of the molecule is CC(=O)C1=CC(O[C@H](C)c2cc(C(F)(F)F)cc(C(F)(F)F)c2)CC1.CC(=O)C1CCC(O[C@H](C)c2cc(C(F)(F)F)cc(C(F)(F)F)c2)[C@H]1c1ccc(F)cc1.CC(=O)[C@@H]1CCC(O[C@H](C)c2cc(C(F)(F)F)cc(C(F)(F)F)c2)[C@H]1c1ccc(F)cc1. The van der Waals surface area contributed by atoms with Crippen molar-refractivity contribution in [3.05, 3.63) is 188 Å². The average Bonchev–Trinajstić information content (AvgIpc) is 1.86. The molecule has 3 aliphatic rings. The molecule has 0 aromatic heterocycles. The van der Waals surface area contributed by atoms with Gasteiger partial charge in [-0.3, -0.25) is 14.4 Å². The van der Waals surface area contributed by atoms with Crippen LogP contribution < -0.4 is 0 Å². The van der Waals surface area contributed by atoms with Gasteiger partial charge in [0, 0.05) is 23.7 Å². The third kappa shape index (κ3) is 19.0. The summed E-state index contributed by atoms with van der Waals surface area (Å²) in [5.74, 6) is -3.15. The monoisotopic (exact) mass is 1290 g/mol. The minimum atomic E-state index is -4.96. The van der Waals surface area contributed by atoms with Gasteiger partial charge in [-0.1, -0.05) is 24.3 Å². The van der Waals surface area contributed by atoms with E-state index in [2.05, 4.69) is 0 Å². The topological polar surface area (TPSA) is 78.9 Å². The number of carbonyl (C=O) groups is 3. The number of hydrogen-bond donors (Lipinski definition) is 0. The van der Waals surface area contributed by atoms with E-state index in [-0.39, 0.29) is 52.2 Å². The number of allylic oxidation sites excluding steroid dienone is 1. The normalized spacial score (nSPS) is 21.9. The van der Waals surface area contributed by atoms with Crippen LogP contribution in [0.25, 0.3) is 0 Å². The molecular formula is C63H58F20O6. The Kier molecular flexibility index (Phi) is 22.3. The van der Waals surface area contributed by atoms with Gasteiger partial charge in [0.15, 0.2) is 5.78 Å². The zero-order valence-corrected chi connectivity index (χ0v) is 47.9. The Morgan fingerprint density at radius 3 is 0.899 bits per heavy atom. The largest absolute Gasteiger partial charge is 0.416 e. The zero-order valence-electron chi connectivity index (χ0n) is 47.9. The fourth-order valence-electron chi connectivity index (χ4n) is 11.2. The Bertz CT molecular complexity index is 3050. The summed E-state index contributed by atoms with van der Waals surface area (Å²) in [6, 6.07) is 15.1. The lowest BCUT2D eigenvalue weighted by Gasteiger charge is -2.28. The van der Waals surface area contributed by atoms with E-state index in [1.54, 1.807) is 6.08 Å². The Labute approximate surface area is 497 Å². The van der Waals surface area contributed by atoms with Gasteiger partial charge in [0.1, 0.15) is 23.2 Å². The molecule has 0 saturated heterocycles. The molecule has 3 aliphatic carbocycles. The molecule has 4 unspecified atom stereocenters. The van der Waals surface area contributed by atoms with E-state index in [1.807, 2.05) is 0 Å². The molecule has 8 rings (SSSR count). The fourth-order valence-corrected chi connectivity index (χ4v) is 11.2. The van der Waals surface area contributed by atoms with Crippen molar-refractivity contribution in [2.75, 3.05) is 0 Å². The van der Waals surface area contributed by atoms with E-state index < -0.39 is 142 Å². The van der Waals surface area contributed by atoms with Crippen LogP contribution in [-0.4, -0.2) is 35.7 Å². The predicted molar refractivity (Wildman–Crippen MR) is 282 cm³/mol. The number of benzene rings is 5. The second-order valence-electron chi connectivity index (χ2n) is 22.0. The number of carbonyl (C=O) groups excluding carboxylic acids is 3. The van der Waals surface area contributed by atoms with Crippen molar-refractivity contribution >= 4 is 17.3 Å². The van der Waals surface area contributed by atoms with Crippen LogP contribution in [0, 0.1) is 23.5 Å². The highest BCUT2D eigenvalue weighted by atomic mass is 19.4. The highest BCUT2D eigenvalue weighted by Crippen LogP contribution is 2.48. The molecule has 26 heteroatoms. The van der Waals surface area contributed by atoms with Crippen LogP contribution >= 0.6 is 0 Å². The maximum Gasteiger partial charge on any atom is 0.416 e. The fraction of sp³-hybridized carbons (Fsp3) is 0.444. The second kappa shape index (κ2) is 27.8. The van der Waals surface area contributed by atoms with Crippen LogP contribution in [0.2, 0.25) is 0 Å². The van der Waals surface area contributed by atoms with E-state index in [0.717, 1.165) is 0 Å². The van der Waals surface area contributed by atoms with Crippen LogP contribution in [0.5, 0.6) is 0 Å². The van der Waals surface area contributed by atoms with E-state index >= 15 is 0 Å². The predicted octanol–water partition coefficient (Wildman–Crippen LogP) is 19.7. The molecule has 2 saturated carbocycles. The van der Waals surface area contributed by atoms with Gasteiger partial charge >= 0.3 is 37.1 Å². The molecule has 5 aromatic carbocycles. The zero-order chi connectivity index (χ0) is 66.7. The number of halogens is 20. The number of rotatable bonds is 14. The Balaban J connectivity index is 0.000000215. The number of Topliss-reactive ketones (excluding diaryl/α,β-unsaturated/α-hetero) is 3. The first-order valence-electron chi connectivity index (χ1n) is 27.5. The van der Waals surface area contributed by atoms with Crippen molar-refractivity contribution in [2.45, 2.75) is 166 Å². The van der Waals surface area contributed by atoms with Crippen LogP contribution in [0.15, 0.2) is 115 Å². The molecule has 0 heterocycles. The smallest absolute Gasteiger partial charge is 0.370 e. The molecule has 5 aromatic rings. The second-order valence-corrected chi connectivity index (χ2v) is 22.0. The summed E-state index contributed by atoms with van der Waals surface area (Å²) in [5, 5.41) is 0. The minimum Gasteiger partial charge on any atom is -0.370 e. The summed E-state index contributed by atoms with van der Waals surface area (Å²) in [5.41, 5.74) is -7.36. The summed E-state index contributed by atoms with van der Waals surface area (Å²) < 4.78 is 280. The summed E-state index contributed by atoms with van der Waals surface area (Å²) in [4.78, 5) is 35.5. The molecule has 10 atom stereocenters. The van der Waals surface area contributed by atoms with Crippen molar-refractivity contribution in [3.63, 3.8) is 0 Å². The van der Waals surface area contributed by atoms with Gasteiger partial charge in [-0.15, -0.1) is 0 Å². The summed E-state index contributed by atoms with van der Waals surface area (Å²) in [6.45, 7) is 8.34. The first-order valence-corrected chi connectivity index (χ1v) is 27.5. The molecule has 2 fully saturated rings.